The molecule has 8 nitrogen and oxygen atoms in total. The Morgan fingerprint density at radius 3 is 2.76 bits per heavy atom. The first-order valence-electron chi connectivity index (χ1n) is 10.5. The summed E-state index contributed by atoms with van der Waals surface area (Å²) in [5.74, 6) is 0.244. The molecule has 4 rings (SSSR count). The Hall–Kier alpha value is -3.47. The van der Waals surface area contributed by atoms with Gasteiger partial charge in [0.25, 0.3) is 5.91 Å². The Labute approximate surface area is 203 Å². The number of aromatic nitrogens is 3. The van der Waals surface area contributed by atoms with Gasteiger partial charge in [0.2, 0.25) is 0 Å². The zero-order valence-corrected chi connectivity index (χ0v) is 20.0. The van der Waals surface area contributed by atoms with Gasteiger partial charge >= 0.3 is 0 Å². The lowest BCUT2D eigenvalue weighted by atomic mass is 10.0. The van der Waals surface area contributed by atoms with E-state index in [2.05, 4.69) is 25.6 Å². The highest BCUT2D eigenvalue weighted by molar-refractivity contribution is 7.78. The number of rotatable bonds is 9. The van der Waals surface area contributed by atoms with E-state index in [1.54, 1.807) is 54.2 Å². The number of benzene rings is 2. The summed E-state index contributed by atoms with van der Waals surface area (Å²) in [4.78, 5) is 26.5. The van der Waals surface area contributed by atoms with Crippen molar-refractivity contribution in [3.8, 4) is 0 Å². The summed E-state index contributed by atoms with van der Waals surface area (Å²) >= 11 is -0.638. The number of thiazole rings is 1. The Bertz CT molecular complexity index is 1310. The molecule has 0 radical (unpaired) electrons. The number of carbonyl (C=O) groups is 1. The Morgan fingerprint density at radius 2 is 1.97 bits per heavy atom. The number of carbonyl (C=O) groups excluding carboxylic acids is 1. The van der Waals surface area contributed by atoms with E-state index in [-0.39, 0.29) is 11.7 Å². The summed E-state index contributed by atoms with van der Waals surface area (Å²) in [5.41, 5.74) is 3.95. The van der Waals surface area contributed by atoms with Crippen molar-refractivity contribution in [3.05, 3.63) is 94.4 Å². The Morgan fingerprint density at radius 1 is 1.09 bits per heavy atom. The fourth-order valence-electron chi connectivity index (χ4n) is 3.37. The van der Waals surface area contributed by atoms with Crippen molar-refractivity contribution < 1.29 is 13.6 Å². The first-order valence-corrected chi connectivity index (χ1v) is 12.6. The molecular weight excluding hydrogens is 470 g/mol. The molecule has 0 bridgehead atoms. The SMILES string of the molecule is Cc1ccc(NC(=O)c2cccc(CS(=O)[O-])c2)cc1CCc1cnc(Nc2cnccn2)s1. The number of nitrogens with zero attached hydrogens (tertiary/aromatic N) is 3. The fraction of sp³-hybridized carbons (Fsp3) is 0.167. The molecule has 10 heteroatoms. The van der Waals surface area contributed by atoms with Gasteiger partial charge in [-0.2, -0.15) is 0 Å². The van der Waals surface area contributed by atoms with E-state index in [4.69, 9.17) is 0 Å². The molecule has 1 atom stereocenters. The van der Waals surface area contributed by atoms with Crippen LogP contribution in [0.1, 0.15) is 31.9 Å². The lowest BCUT2D eigenvalue weighted by Gasteiger charge is -2.11. The maximum atomic E-state index is 12.7. The molecule has 0 aliphatic carbocycles. The fourth-order valence-corrected chi connectivity index (χ4v) is 4.64. The van der Waals surface area contributed by atoms with Crippen molar-refractivity contribution in [2.24, 2.45) is 0 Å². The number of aryl methyl sites for hydroxylation is 3. The Kier molecular flexibility index (Phi) is 7.73. The van der Waals surface area contributed by atoms with Crippen molar-refractivity contribution in [1.82, 2.24) is 15.0 Å². The van der Waals surface area contributed by atoms with Gasteiger partial charge in [0, 0.05) is 40.5 Å². The molecule has 0 saturated carbocycles. The van der Waals surface area contributed by atoms with Gasteiger partial charge in [-0.05, 0) is 60.7 Å². The van der Waals surface area contributed by atoms with Gasteiger partial charge in [0.1, 0.15) is 0 Å². The van der Waals surface area contributed by atoms with Crippen LogP contribution in [0.3, 0.4) is 0 Å². The molecule has 0 aliphatic rings. The van der Waals surface area contributed by atoms with Gasteiger partial charge in [-0.25, -0.2) is 9.97 Å². The normalized spacial score (nSPS) is 11.7. The van der Waals surface area contributed by atoms with E-state index in [0.29, 0.717) is 22.6 Å². The molecule has 34 heavy (non-hydrogen) atoms. The van der Waals surface area contributed by atoms with Crippen LogP contribution in [-0.4, -0.2) is 29.6 Å². The highest BCUT2D eigenvalue weighted by Gasteiger charge is 2.10. The first kappa shape index (κ1) is 23.7. The van der Waals surface area contributed by atoms with E-state index in [0.717, 1.165) is 34.0 Å². The second-order valence-electron chi connectivity index (χ2n) is 7.59. The van der Waals surface area contributed by atoms with Crippen LogP contribution in [-0.2, 0) is 29.7 Å². The van der Waals surface area contributed by atoms with Crippen LogP contribution in [0.25, 0.3) is 0 Å². The molecule has 174 valence electrons. The second kappa shape index (κ2) is 11.1. The van der Waals surface area contributed by atoms with Gasteiger partial charge in [0.05, 0.1) is 6.20 Å². The summed E-state index contributed by atoms with van der Waals surface area (Å²) in [6.45, 7) is 2.04. The van der Waals surface area contributed by atoms with E-state index in [9.17, 15) is 13.6 Å². The highest BCUT2D eigenvalue weighted by Crippen LogP contribution is 2.24. The second-order valence-corrected chi connectivity index (χ2v) is 9.60. The smallest absolute Gasteiger partial charge is 0.255 e. The molecule has 2 N–H and O–H groups in total. The number of anilines is 3. The third kappa shape index (κ3) is 6.53. The monoisotopic (exact) mass is 492 g/mol. The first-order chi connectivity index (χ1) is 16.5. The van der Waals surface area contributed by atoms with Crippen LogP contribution in [0.2, 0.25) is 0 Å². The molecule has 2 aromatic heterocycles. The van der Waals surface area contributed by atoms with Crippen molar-refractivity contribution in [1.29, 1.82) is 0 Å². The summed E-state index contributed by atoms with van der Waals surface area (Å²) in [6, 6.07) is 12.4. The van der Waals surface area contributed by atoms with Crippen LogP contribution in [0, 0.1) is 6.92 Å². The van der Waals surface area contributed by atoms with Crippen molar-refractivity contribution in [3.63, 3.8) is 0 Å². The summed E-state index contributed by atoms with van der Waals surface area (Å²) < 4.78 is 21.9. The minimum atomic E-state index is -2.20. The molecule has 4 aromatic rings. The van der Waals surface area contributed by atoms with E-state index in [1.165, 1.54) is 0 Å². The highest BCUT2D eigenvalue weighted by atomic mass is 32.2. The molecule has 1 amide bonds. The molecule has 0 fully saturated rings. The van der Waals surface area contributed by atoms with Crippen LogP contribution in [0.5, 0.6) is 0 Å². The summed E-state index contributed by atoms with van der Waals surface area (Å²) in [6.07, 6.45) is 8.35. The lowest BCUT2D eigenvalue weighted by Crippen LogP contribution is -2.12. The average Bonchev–Trinajstić information content (AvgIpc) is 3.27. The average molecular weight is 493 g/mol. The maximum absolute atomic E-state index is 12.7. The van der Waals surface area contributed by atoms with Crippen molar-refractivity contribution in [2.45, 2.75) is 25.5 Å². The van der Waals surface area contributed by atoms with Gasteiger partial charge < -0.3 is 15.2 Å². The van der Waals surface area contributed by atoms with Gasteiger partial charge in [-0.3, -0.25) is 14.0 Å². The summed E-state index contributed by atoms with van der Waals surface area (Å²) in [5, 5.41) is 6.82. The third-order valence-corrected chi connectivity index (χ3v) is 6.61. The molecule has 2 aromatic carbocycles. The van der Waals surface area contributed by atoms with Crippen LogP contribution < -0.4 is 10.6 Å². The van der Waals surface area contributed by atoms with E-state index >= 15 is 0 Å². The molecule has 2 heterocycles. The zero-order valence-electron chi connectivity index (χ0n) is 18.4. The quantitative estimate of drug-likeness (QED) is 0.332. The predicted octanol–water partition coefficient (Wildman–Crippen LogP) is 4.40. The van der Waals surface area contributed by atoms with Gasteiger partial charge in [0.15, 0.2) is 10.9 Å². The van der Waals surface area contributed by atoms with Crippen molar-refractivity contribution >= 4 is 45.0 Å². The minimum absolute atomic E-state index is 0.122. The maximum Gasteiger partial charge on any atom is 0.255 e. The van der Waals surface area contributed by atoms with Gasteiger partial charge in [-0.15, -0.1) is 11.3 Å². The van der Waals surface area contributed by atoms with Crippen LogP contribution in [0.4, 0.5) is 16.6 Å². The molecular formula is C24H22N5O3S2-. The zero-order chi connectivity index (χ0) is 23.9. The van der Waals surface area contributed by atoms with Crippen LogP contribution in [0.15, 0.2) is 67.3 Å². The topological polar surface area (TPSA) is 120 Å². The minimum Gasteiger partial charge on any atom is -0.772 e. The van der Waals surface area contributed by atoms with E-state index < -0.39 is 11.1 Å². The lowest BCUT2D eigenvalue weighted by molar-refractivity contribution is 0.102. The molecule has 0 saturated heterocycles. The van der Waals surface area contributed by atoms with Gasteiger partial charge in [-0.1, -0.05) is 29.3 Å². The summed E-state index contributed by atoms with van der Waals surface area (Å²) in [7, 11) is 0. The number of hydrogen-bond acceptors (Lipinski definition) is 8. The standard InChI is InChI=1S/C24H23N5O3S2/c1-16-5-7-20(28-23(30)19-4-2-3-17(11-19)15-34(31)32)12-18(16)6-8-21-13-27-24(33-21)29-22-14-25-9-10-26-22/h2-5,7,9-14H,6,8,15H2,1H3,(H,28,30)(H,31,32)(H,26,27,29)/p-1. The Balaban J connectivity index is 1.39. The molecule has 0 aliphatic heterocycles. The van der Waals surface area contributed by atoms with Crippen LogP contribution >= 0.6 is 11.3 Å². The largest absolute Gasteiger partial charge is 0.772 e. The number of amides is 1. The predicted molar refractivity (Wildman–Crippen MR) is 133 cm³/mol. The molecule has 1 unspecified atom stereocenters. The number of nitrogens with one attached hydrogen (secondary N) is 2. The van der Waals surface area contributed by atoms with Crippen molar-refractivity contribution in [2.75, 3.05) is 10.6 Å². The third-order valence-electron chi connectivity index (χ3n) is 5.07. The number of hydrogen-bond donors (Lipinski definition) is 2. The van der Waals surface area contributed by atoms with E-state index in [1.807, 2.05) is 31.3 Å². The molecule has 0 spiro atoms.